The van der Waals surface area contributed by atoms with E-state index in [1.165, 1.54) is 0 Å². The predicted octanol–water partition coefficient (Wildman–Crippen LogP) is 3.81. The van der Waals surface area contributed by atoms with E-state index in [0.29, 0.717) is 0 Å². The zero-order valence-electron chi connectivity index (χ0n) is 9.23. The van der Waals surface area contributed by atoms with Gasteiger partial charge in [-0.15, -0.1) is 0 Å². The molecular weight excluding hydrogens is 184 g/mol. The van der Waals surface area contributed by atoms with Crippen LogP contribution < -0.4 is 0 Å². The Morgan fingerprint density at radius 2 is 1.93 bits per heavy atom. The van der Waals surface area contributed by atoms with Crippen molar-refractivity contribution in [2.24, 2.45) is 0 Å². The minimum absolute atomic E-state index is 0.902. The van der Waals surface area contributed by atoms with Gasteiger partial charge in [0, 0.05) is 5.57 Å². The van der Waals surface area contributed by atoms with E-state index in [1.54, 1.807) is 13.2 Å². The van der Waals surface area contributed by atoms with Crippen LogP contribution in [0.4, 0.5) is 0 Å². The first-order valence-electron chi connectivity index (χ1n) is 4.89. The summed E-state index contributed by atoms with van der Waals surface area (Å²) in [6.45, 7) is 5.62. The molecule has 0 fully saturated rings. The quantitative estimate of drug-likeness (QED) is 0.530. The standard InChI is InChI=1S/C14H16O/c1-4-5-11-14(12(2)15-3)13-9-7-6-8-10-13/h4-11H,1H2,2-3H3/b11-5-,14-12-. The fourth-order valence-corrected chi connectivity index (χ4v) is 1.31. The molecule has 0 heterocycles. The Kier molecular flexibility index (Phi) is 4.42. The van der Waals surface area contributed by atoms with Gasteiger partial charge in [0.1, 0.15) is 5.76 Å². The number of hydrogen-bond acceptors (Lipinski definition) is 1. The van der Waals surface area contributed by atoms with Gasteiger partial charge in [-0.2, -0.15) is 0 Å². The predicted molar refractivity (Wildman–Crippen MR) is 65.4 cm³/mol. The van der Waals surface area contributed by atoms with Gasteiger partial charge in [0.15, 0.2) is 0 Å². The van der Waals surface area contributed by atoms with Crippen molar-refractivity contribution in [3.8, 4) is 0 Å². The van der Waals surface area contributed by atoms with Gasteiger partial charge in [0.2, 0.25) is 0 Å². The summed E-state index contributed by atoms with van der Waals surface area (Å²) in [6, 6.07) is 10.1. The van der Waals surface area contributed by atoms with Gasteiger partial charge in [-0.3, -0.25) is 0 Å². The van der Waals surface area contributed by atoms with Crippen molar-refractivity contribution in [2.45, 2.75) is 6.92 Å². The minimum atomic E-state index is 0.902. The van der Waals surface area contributed by atoms with E-state index in [0.717, 1.165) is 16.9 Å². The Bertz CT molecular complexity index is 372. The van der Waals surface area contributed by atoms with Crippen molar-refractivity contribution in [1.82, 2.24) is 0 Å². The summed E-state index contributed by atoms with van der Waals surface area (Å²) < 4.78 is 5.26. The zero-order chi connectivity index (χ0) is 11.1. The molecule has 0 radical (unpaired) electrons. The van der Waals surface area contributed by atoms with E-state index < -0.39 is 0 Å². The average molecular weight is 200 g/mol. The summed E-state index contributed by atoms with van der Waals surface area (Å²) in [5.74, 6) is 0.902. The third kappa shape index (κ3) is 3.13. The summed E-state index contributed by atoms with van der Waals surface area (Å²) in [4.78, 5) is 0. The summed E-state index contributed by atoms with van der Waals surface area (Å²) in [5, 5.41) is 0. The molecule has 1 nitrogen and oxygen atoms in total. The van der Waals surface area contributed by atoms with Gasteiger partial charge >= 0.3 is 0 Å². The lowest BCUT2D eigenvalue weighted by atomic mass is 10.0. The molecule has 0 atom stereocenters. The molecule has 0 aromatic heterocycles. The molecule has 1 heteroatoms. The van der Waals surface area contributed by atoms with Crippen LogP contribution in [0.3, 0.4) is 0 Å². The lowest BCUT2D eigenvalue weighted by molar-refractivity contribution is 0.296. The van der Waals surface area contributed by atoms with Crippen LogP contribution >= 0.6 is 0 Å². The van der Waals surface area contributed by atoms with Crippen LogP contribution in [0.25, 0.3) is 5.57 Å². The zero-order valence-corrected chi connectivity index (χ0v) is 9.23. The van der Waals surface area contributed by atoms with Crippen LogP contribution in [-0.2, 0) is 4.74 Å². The van der Waals surface area contributed by atoms with E-state index in [1.807, 2.05) is 37.3 Å². The van der Waals surface area contributed by atoms with Gasteiger partial charge in [-0.25, -0.2) is 0 Å². The Hall–Kier alpha value is -1.76. The van der Waals surface area contributed by atoms with Crippen molar-refractivity contribution in [2.75, 3.05) is 7.11 Å². The minimum Gasteiger partial charge on any atom is -0.501 e. The second kappa shape index (κ2) is 5.86. The summed E-state index contributed by atoms with van der Waals surface area (Å²) in [5.41, 5.74) is 2.23. The third-order valence-electron chi connectivity index (χ3n) is 2.17. The van der Waals surface area contributed by atoms with Crippen molar-refractivity contribution in [3.63, 3.8) is 0 Å². The van der Waals surface area contributed by atoms with Gasteiger partial charge in [0.25, 0.3) is 0 Å². The molecular formula is C14H16O. The van der Waals surface area contributed by atoms with Crippen LogP contribution in [0.5, 0.6) is 0 Å². The Morgan fingerprint density at radius 3 is 2.47 bits per heavy atom. The van der Waals surface area contributed by atoms with Crippen molar-refractivity contribution in [1.29, 1.82) is 0 Å². The molecule has 1 aromatic carbocycles. The van der Waals surface area contributed by atoms with Gasteiger partial charge in [-0.1, -0.05) is 55.1 Å². The van der Waals surface area contributed by atoms with Crippen molar-refractivity contribution in [3.05, 3.63) is 66.5 Å². The number of benzene rings is 1. The Morgan fingerprint density at radius 1 is 1.27 bits per heavy atom. The van der Waals surface area contributed by atoms with E-state index in [4.69, 9.17) is 4.74 Å². The molecule has 0 unspecified atom stereocenters. The van der Waals surface area contributed by atoms with Crippen LogP contribution in [0.15, 0.2) is 60.9 Å². The fraction of sp³-hybridized carbons (Fsp3) is 0.143. The first-order chi connectivity index (χ1) is 7.29. The number of ether oxygens (including phenoxy) is 1. The van der Waals surface area contributed by atoms with Crippen molar-refractivity contribution >= 4 is 5.57 Å². The van der Waals surface area contributed by atoms with Crippen LogP contribution in [0, 0.1) is 0 Å². The molecule has 0 bridgehead atoms. The number of methoxy groups -OCH3 is 1. The fourth-order valence-electron chi connectivity index (χ4n) is 1.31. The maximum atomic E-state index is 5.26. The average Bonchev–Trinajstić information content (AvgIpc) is 2.30. The molecule has 0 aliphatic carbocycles. The summed E-state index contributed by atoms with van der Waals surface area (Å²) in [6.07, 6.45) is 5.66. The molecule has 78 valence electrons. The third-order valence-corrected chi connectivity index (χ3v) is 2.17. The monoisotopic (exact) mass is 200 g/mol. The Balaban J connectivity index is 3.13. The molecule has 0 saturated carbocycles. The first-order valence-corrected chi connectivity index (χ1v) is 4.89. The molecule has 15 heavy (non-hydrogen) atoms. The molecule has 0 aliphatic heterocycles. The smallest absolute Gasteiger partial charge is 0.100 e. The van der Waals surface area contributed by atoms with E-state index in [9.17, 15) is 0 Å². The highest BCUT2D eigenvalue weighted by Crippen LogP contribution is 2.20. The maximum absolute atomic E-state index is 5.26. The highest BCUT2D eigenvalue weighted by atomic mass is 16.5. The summed E-state index contributed by atoms with van der Waals surface area (Å²) >= 11 is 0. The lowest BCUT2D eigenvalue weighted by Gasteiger charge is -2.07. The molecule has 0 amide bonds. The van der Waals surface area contributed by atoms with E-state index >= 15 is 0 Å². The van der Waals surface area contributed by atoms with Crippen LogP contribution in [-0.4, -0.2) is 7.11 Å². The number of allylic oxidation sites excluding steroid dienone is 5. The molecule has 0 N–H and O–H groups in total. The molecule has 1 aromatic rings. The maximum Gasteiger partial charge on any atom is 0.100 e. The van der Waals surface area contributed by atoms with Crippen molar-refractivity contribution < 1.29 is 4.74 Å². The van der Waals surface area contributed by atoms with Gasteiger partial charge in [-0.05, 0) is 12.5 Å². The SMILES string of the molecule is C=C/C=C\C(=C(/C)OC)c1ccccc1. The van der Waals surface area contributed by atoms with E-state index in [-0.39, 0.29) is 0 Å². The molecule has 0 spiro atoms. The molecule has 1 rings (SSSR count). The molecule has 0 aliphatic rings. The first kappa shape index (κ1) is 11.3. The molecule has 0 saturated heterocycles. The van der Waals surface area contributed by atoms with E-state index in [2.05, 4.69) is 18.7 Å². The van der Waals surface area contributed by atoms with Gasteiger partial charge < -0.3 is 4.74 Å². The lowest BCUT2D eigenvalue weighted by Crippen LogP contribution is -1.88. The highest BCUT2D eigenvalue weighted by Gasteiger charge is 2.01. The number of rotatable bonds is 4. The second-order valence-electron chi connectivity index (χ2n) is 3.13. The largest absolute Gasteiger partial charge is 0.501 e. The normalized spacial score (nSPS) is 12.4. The topological polar surface area (TPSA) is 9.23 Å². The second-order valence-corrected chi connectivity index (χ2v) is 3.13. The van der Waals surface area contributed by atoms with Crippen LogP contribution in [0.1, 0.15) is 12.5 Å². The highest BCUT2D eigenvalue weighted by molar-refractivity contribution is 5.75. The summed E-state index contributed by atoms with van der Waals surface area (Å²) in [7, 11) is 1.68. The van der Waals surface area contributed by atoms with Crippen LogP contribution in [0.2, 0.25) is 0 Å². The number of hydrogen-bond donors (Lipinski definition) is 0. The van der Waals surface area contributed by atoms with Gasteiger partial charge in [0.05, 0.1) is 7.11 Å². The Labute approximate surface area is 91.4 Å².